The summed E-state index contributed by atoms with van der Waals surface area (Å²) < 4.78 is 0. The van der Waals surface area contributed by atoms with Crippen molar-refractivity contribution in [2.45, 2.75) is 45.4 Å². The number of carbonyl (C=O) groups excluding carboxylic acids is 1. The van der Waals surface area contributed by atoms with E-state index >= 15 is 0 Å². The largest absolute Gasteiger partial charge is 0.342 e. The molecular weight excluding hydrogens is 308 g/mol. The van der Waals surface area contributed by atoms with Gasteiger partial charge in [-0.2, -0.15) is 0 Å². The number of imidazole rings is 1. The molecule has 3 heteroatoms. The fourth-order valence-electron chi connectivity index (χ4n) is 3.00. The number of fused-ring (bicyclic) bond motifs is 1. The lowest BCUT2D eigenvalue weighted by molar-refractivity contribution is -0.118. The molecule has 0 unspecified atom stereocenters. The fourth-order valence-corrected chi connectivity index (χ4v) is 3.00. The van der Waals surface area contributed by atoms with Crippen LogP contribution in [-0.2, 0) is 4.79 Å². The highest BCUT2D eigenvalue weighted by Gasteiger charge is 2.05. The molecule has 129 valence electrons. The van der Waals surface area contributed by atoms with Gasteiger partial charge in [0.1, 0.15) is 11.6 Å². The minimum atomic E-state index is 0.370. The van der Waals surface area contributed by atoms with E-state index in [4.69, 9.17) is 0 Å². The van der Waals surface area contributed by atoms with Crippen molar-refractivity contribution in [1.82, 2.24) is 9.97 Å². The lowest BCUT2D eigenvalue weighted by Gasteiger charge is -2.02. The van der Waals surface area contributed by atoms with Crippen LogP contribution in [0.3, 0.4) is 0 Å². The predicted molar refractivity (Wildman–Crippen MR) is 103 cm³/mol. The maximum Gasteiger partial charge on any atom is 0.132 e. The topological polar surface area (TPSA) is 45.8 Å². The smallest absolute Gasteiger partial charge is 0.132 e. The zero-order chi connectivity index (χ0) is 17.5. The number of hydrogen-bond donors (Lipinski definition) is 1. The van der Waals surface area contributed by atoms with E-state index in [0.29, 0.717) is 12.2 Å². The van der Waals surface area contributed by atoms with E-state index in [2.05, 4.69) is 58.9 Å². The second-order valence-corrected chi connectivity index (χ2v) is 6.44. The van der Waals surface area contributed by atoms with Crippen molar-refractivity contribution in [3.05, 3.63) is 60.9 Å². The first-order chi connectivity index (χ1) is 12.3. The molecule has 0 aliphatic heterocycles. The summed E-state index contributed by atoms with van der Waals surface area (Å²) in [4.78, 5) is 19.1. The summed E-state index contributed by atoms with van der Waals surface area (Å²) >= 11 is 0. The number of hydrogen-bond acceptors (Lipinski definition) is 2. The molecule has 3 rings (SSSR count). The SMILES string of the molecule is CCC(=O)CCCCC[CH]c1ncc(-c2ccc3ccccc3c2)[nH]1. The Kier molecular flexibility index (Phi) is 5.99. The Morgan fingerprint density at radius 2 is 1.92 bits per heavy atom. The van der Waals surface area contributed by atoms with Crippen molar-refractivity contribution in [3.8, 4) is 11.3 Å². The van der Waals surface area contributed by atoms with Crippen molar-refractivity contribution in [3.63, 3.8) is 0 Å². The number of aromatic nitrogens is 2. The van der Waals surface area contributed by atoms with Crippen LogP contribution < -0.4 is 0 Å². The van der Waals surface area contributed by atoms with E-state index in [1.54, 1.807) is 0 Å². The monoisotopic (exact) mass is 333 g/mol. The lowest BCUT2D eigenvalue weighted by Crippen LogP contribution is -1.94. The van der Waals surface area contributed by atoms with Gasteiger partial charge in [0.15, 0.2) is 0 Å². The van der Waals surface area contributed by atoms with Gasteiger partial charge < -0.3 is 4.98 Å². The summed E-state index contributed by atoms with van der Waals surface area (Å²) in [5.41, 5.74) is 2.20. The second-order valence-electron chi connectivity index (χ2n) is 6.44. The van der Waals surface area contributed by atoms with Gasteiger partial charge in [-0.05, 0) is 29.7 Å². The summed E-state index contributed by atoms with van der Waals surface area (Å²) in [5, 5.41) is 2.49. The molecule has 0 atom stereocenters. The van der Waals surface area contributed by atoms with E-state index in [9.17, 15) is 4.79 Å². The van der Waals surface area contributed by atoms with Crippen LogP contribution in [0, 0.1) is 6.42 Å². The molecule has 0 spiro atoms. The fraction of sp³-hybridized carbons (Fsp3) is 0.318. The molecule has 1 radical (unpaired) electrons. The van der Waals surface area contributed by atoms with Crippen LogP contribution in [0.2, 0.25) is 0 Å². The van der Waals surface area contributed by atoms with Crippen LogP contribution in [0.25, 0.3) is 22.0 Å². The molecule has 2 aromatic carbocycles. The molecule has 0 aliphatic carbocycles. The first kappa shape index (κ1) is 17.4. The molecule has 0 saturated heterocycles. The van der Waals surface area contributed by atoms with E-state index in [-0.39, 0.29) is 0 Å². The highest BCUT2D eigenvalue weighted by atomic mass is 16.1. The number of nitrogens with zero attached hydrogens (tertiary/aromatic N) is 1. The molecule has 25 heavy (non-hydrogen) atoms. The minimum Gasteiger partial charge on any atom is -0.342 e. The first-order valence-corrected chi connectivity index (χ1v) is 9.15. The van der Waals surface area contributed by atoms with E-state index in [1.165, 1.54) is 10.8 Å². The quantitative estimate of drug-likeness (QED) is 0.510. The third-order valence-electron chi connectivity index (χ3n) is 4.55. The van der Waals surface area contributed by atoms with Gasteiger partial charge >= 0.3 is 0 Å². The molecule has 0 amide bonds. The number of rotatable bonds is 9. The van der Waals surface area contributed by atoms with E-state index < -0.39 is 0 Å². The lowest BCUT2D eigenvalue weighted by atomic mass is 10.1. The number of benzene rings is 2. The Bertz CT molecular complexity index is 835. The van der Waals surface area contributed by atoms with Crippen LogP contribution in [0.4, 0.5) is 0 Å². The molecule has 0 aliphatic rings. The van der Waals surface area contributed by atoms with E-state index in [0.717, 1.165) is 49.2 Å². The average Bonchev–Trinajstić information content (AvgIpc) is 3.12. The number of ketones is 1. The normalized spacial score (nSPS) is 11.1. The van der Waals surface area contributed by atoms with Crippen molar-refractivity contribution < 1.29 is 4.79 Å². The standard InChI is InChI=1S/C22H25N2O/c1-2-20(25)11-5-3-4-6-12-22-23-16-21(24-22)19-14-13-17-9-7-8-10-18(17)15-19/h7-10,12-16H,2-6,11H2,1H3,(H,23,24). The summed E-state index contributed by atoms with van der Waals surface area (Å²) in [6, 6.07) is 14.8. The van der Waals surface area contributed by atoms with Gasteiger partial charge in [-0.25, -0.2) is 4.98 Å². The second kappa shape index (κ2) is 8.61. The number of nitrogens with one attached hydrogen (secondary N) is 1. The summed E-state index contributed by atoms with van der Waals surface area (Å²) in [6.45, 7) is 1.93. The molecule has 0 bridgehead atoms. The summed E-state index contributed by atoms with van der Waals surface area (Å²) in [6.07, 6.45) is 9.62. The summed E-state index contributed by atoms with van der Waals surface area (Å²) in [7, 11) is 0. The Hall–Kier alpha value is -2.42. The molecule has 1 N–H and O–H groups in total. The van der Waals surface area contributed by atoms with Gasteiger partial charge in [-0.15, -0.1) is 0 Å². The van der Waals surface area contributed by atoms with Crippen molar-refractivity contribution in [1.29, 1.82) is 0 Å². The number of carbonyl (C=O) groups is 1. The van der Waals surface area contributed by atoms with Gasteiger partial charge in [0.25, 0.3) is 0 Å². The van der Waals surface area contributed by atoms with Crippen LogP contribution in [0.1, 0.15) is 51.3 Å². The van der Waals surface area contributed by atoms with Gasteiger partial charge in [0.05, 0.1) is 11.9 Å². The molecule has 3 nitrogen and oxygen atoms in total. The van der Waals surface area contributed by atoms with Crippen LogP contribution in [-0.4, -0.2) is 15.8 Å². The predicted octanol–water partition coefficient (Wildman–Crippen LogP) is 5.71. The van der Waals surface area contributed by atoms with Gasteiger partial charge in [0, 0.05) is 24.8 Å². The van der Waals surface area contributed by atoms with Crippen molar-refractivity contribution >= 4 is 16.6 Å². The zero-order valence-electron chi connectivity index (χ0n) is 14.8. The van der Waals surface area contributed by atoms with Crippen LogP contribution in [0.15, 0.2) is 48.7 Å². The maximum absolute atomic E-state index is 11.3. The van der Waals surface area contributed by atoms with Gasteiger partial charge in [-0.3, -0.25) is 4.79 Å². The molecular formula is C22H25N2O. The van der Waals surface area contributed by atoms with Crippen LogP contribution in [0.5, 0.6) is 0 Å². The molecule has 0 fully saturated rings. The molecule has 1 aromatic heterocycles. The highest BCUT2D eigenvalue weighted by molar-refractivity contribution is 5.86. The third kappa shape index (κ3) is 4.79. The maximum atomic E-state index is 11.3. The minimum absolute atomic E-state index is 0.370. The Balaban J connectivity index is 1.51. The van der Waals surface area contributed by atoms with E-state index in [1.807, 2.05) is 13.1 Å². The van der Waals surface area contributed by atoms with Crippen molar-refractivity contribution in [2.75, 3.05) is 0 Å². The molecule has 1 heterocycles. The average molecular weight is 333 g/mol. The number of unbranched alkanes of at least 4 members (excludes halogenated alkanes) is 3. The van der Waals surface area contributed by atoms with Gasteiger partial charge in [0.2, 0.25) is 0 Å². The number of H-pyrrole nitrogens is 1. The molecule has 0 saturated carbocycles. The Morgan fingerprint density at radius 1 is 1.08 bits per heavy atom. The summed E-state index contributed by atoms with van der Waals surface area (Å²) in [5.74, 6) is 1.29. The highest BCUT2D eigenvalue weighted by Crippen LogP contribution is 2.23. The zero-order valence-corrected chi connectivity index (χ0v) is 14.8. The van der Waals surface area contributed by atoms with Crippen LogP contribution >= 0.6 is 0 Å². The number of aromatic amines is 1. The molecule has 3 aromatic rings. The first-order valence-electron chi connectivity index (χ1n) is 9.15. The van der Waals surface area contributed by atoms with Gasteiger partial charge in [-0.1, -0.05) is 56.2 Å². The van der Waals surface area contributed by atoms with Crippen molar-refractivity contribution in [2.24, 2.45) is 0 Å². The Labute approximate surface area is 149 Å². The Morgan fingerprint density at radius 3 is 2.76 bits per heavy atom. The number of Topliss-reactive ketones (excluding diaryl/α,β-unsaturated/α-hetero) is 1. The third-order valence-corrected chi connectivity index (χ3v) is 4.55.